The average Bonchev–Trinajstić information content (AvgIpc) is 2.68. The van der Waals surface area contributed by atoms with Crippen LogP contribution in [0.3, 0.4) is 0 Å². The predicted octanol–water partition coefficient (Wildman–Crippen LogP) is 1.89. The normalized spacial score (nSPS) is 11.4. The summed E-state index contributed by atoms with van der Waals surface area (Å²) in [6.45, 7) is 1.05. The van der Waals surface area contributed by atoms with E-state index in [1.807, 2.05) is 0 Å². The van der Waals surface area contributed by atoms with Crippen LogP contribution in [0.15, 0.2) is 53.4 Å². The Hall–Kier alpha value is -2.42. The lowest BCUT2D eigenvalue weighted by atomic mass is 10.1. The van der Waals surface area contributed by atoms with Crippen LogP contribution in [-0.2, 0) is 21.3 Å². The van der Waals surface area contributed by atoms with E-state index in [0.29, 0.717) is 24.5 Å². The Morgan fingerprint density at radius 3 is 2.22 bits per heavy atom. The van der Waals surface area contributed by atoms with E-state index in [1.54, 1.807) is 50.6 Å². The fourth-order valence-electron chi connectivity index (χ4n) is 2.38. The summed E-state index contributed by atoms with van der Waals surface area (Å²) < 4.78 is 37.1. The molecule has 0 unspecified atom stereocenters. The van der Waals surface area contributed by atoms with E-state index in [0.717, 1.165) is 5.56 Å². The third kappa shape index (κ3) is 5.53. The van der Waals surface area contributed by atoms with Crippen LogP contribution in [0.2, 0.25) is 0 Å². The van der Waals surface area contributed by atoms with Crippen LogP contribution in [0, 0.1) is 0 Å². The number of ether oxygens (including phenoxy) is 2. The molecule has 0 fully saturated rings. The highest BCUT2D eigenvalue weighted by molar-refractivity contribution is 7.89. The molecule has 7 nitrogen and oxygen atoms in total. The van der Waals surface area contributed by atoms with Crippen LogP contribution in [0.25, 0.3) is 0 Å². The van der Waals surface area contributed by atoms with Crippen LogP contribution in [0.4, 0.5) is 0 Å². The second-order valence-electron chi connectivity index (χ2n) is 5.85. The Morgan fingerprint density at radius 2 is 1.67 bits per heavy atom. The number of amides is 1. The Labute approximate surface area is 160 Å². The van der Waals surface area contributed by atoms with Crippen molar-refractivity contribution < 1.29 is 22.7 Å². The molecule has 0 saturated carbocycles. The Morgan fingerprint density at radius 1 is 1.04 bits per heavy atom. The molecule has 2 rings (SSSR count). The highest BCUT2D eigenvalue weighted by Crippen LogP contribution is 2.20. The summed E-state index contributed by atoms with van der Waals surface area (Å²) in [7, 11) is 1.03. The van der Waals surface area contributed by atoms with E-state index in [9.17, 15) is 13.2 Å². The van der Waals surface area contributed by atoms with Crippen molar-refractivity contribution in [3.63, 3.8) is 0 Å². The van der Waals surface area contributed by atoms with Gasteiger partial charge in [0.05, 0.1) is 11.5 Å². The van der Waals surface area contributed by atoms with E-state index in [2.05, 4.69) is 5.32 Å². The molecule has 2 aromatic carbocycles. The fourth-order valence-corrected chi connectivity index (χ4v) is 3.54. The maximum absolute atomic E-state index is 12.7. The predicted molar refractivity (Wildman–Crippen MR) is 102 cm³/mol. The number of carbonyl (C=O) groups is 1. The van der Waals surface area contributed by atoms with Gasteiger partial charge in [0, 0.05) is 33.3 Å². The molecule has 0 aliphatic rings. The molecule has 27 heavy (non-hydrogen) atoms. The smallest absolute Gasteiger partial charge is 0.251 e. The largest absolute Gasteiger partial charge is 0.491 e. The number of hydrogen-bond donors (Lipinski definition) is 1. The summed E-state index contributed by atoms with van der Waals surface area (Å²) in [6.07, 6.45) is 0. The second kappa shape index (κ2) is 9.50. The summed E-state index contributed by atoms with van der Waals surface area (Å²) in [6, 6.07) is 13.1. The van der Waals surface area contributed by atoms with Gasteiger partial charge in [-0.3, -0.25) is 4.79 Å². The molecule has 0 aliphatic heterocycles. The van der Waals surface area contributed by atoms with Crippen molar-refractivity contribution in [1.82, 2.24) is 9.62 Å². The van der Waals surface area contributed by atoms with E-state index in [1.165, 1.54) is 23.5 Å². The minimum atomic E-state index is -3.64. The van der Waals surface area contributed by atoms with Crippen molar-refractivity contribution in [2.24, 2.45) is 0 Å². The van der Waals surface area contributed by atoms with Crippen LogP contribution < -0.4 is 10.1 Å². The molecule has 0 heterocycles. The van der Waals surface area contributed by atoms with Gasteiger partial charge in [0.15, 0.2) is 0 Å². The first kappa shape index (κ1) is 20.9. The number of nitrogens with one attached hydrogen (secondary N) is 1. The summed E-state index contributed by atoms with van der Waals surface area (Å²) in [5, 5.41) is 2.55. The van der Waals surface area contributed by atoms with Crippen molar-refractivity contribution in [1.29, 1.82) is 0 Å². The summed E-state index contributed by atoms with van der Waals surface area (Å²) in [4.78, 5) is 11.8. The number of nitrogens with zero attached hydrogens (tertiary/aromatic N) is 1. The van der Waals surface area contributed by atoms with E-state index >= 15 is 0 Å². The molecule has 2 aromatic rings. The first-order valence-corrected chi connectivity index (χ1v) is 9.81. The molecular weight excluding hydrogens is 368 g/mol. The van der Waals surface area contributed by atoms with Gasteiger partial charge in [0.2, 0.25) is 10.0 Å². The van der Waals surface area contributed by atoms with Gasteiger partial charge in [-0.05, 0) is 42.0 Å². The number of methoxy groups -OCH3 is 1. The maximum Gasteiger partial charge on any atom is 0.251 e. The van der Waals surface area contributed by atoms with Crippen molar-refractivity contribution in [3.8, 4) is 5.75 Å². The van der Waals surface area contributed by atoms with Crippen LogP contribution in [-0.4, -0.2) is 53.0 Å². The zero-order valence-electron chi connectivity index (χ0n) is 15.6. The van der Waals surface area contributed by atoms with Gasteiger partial charge < -0.3 is 14.8 Å². The number of carbonyl (C=O) groups excluding carboxylic acids is 1. The van der Waals surface area contributed by atoms with Crippen LogP contribution in [0.1, 0.15) is 15.9 Å². The monoisotopic (exact) mass is 392 g/mol. The highest BCUT2D eigenvalue weighted by atomic mass is 32.2. The average molecular weight is 392 g/mol. The highest BCUT2D eigenvalue weighted by Gasteiger charge is 2.21. The molecule has 1 amide bonds. The SMILES string of the molecule is CNC(=O)c1ccc(CN(C)S(=O)(=O)c2ccc(OCCOC)cc2)cc1. The third-order valence-electron chi connectivity index (χ3n) is 3.94. The summed E-state index contributed by atoms with van der Waals surface area (Å²) in [5.74, 6) is 0.397. The Kier molecular flexibility index (Phi) is 7.35. The molecule has 1 N–H and O–H groups in total. The fraction of sp³-hybridized carbons (Fsp3) is 0.316. The first-order valence-electron chi connectivity index (χ1n) is 8.37. The molecule has 0 aliphatic carbocycles. The lowest BCUT2D eigenvalue weighted by Gasteiger charge is -2.18. The van der Waals surface area contributed by atoms with Gasteiger partial charge in [0.1, 0.15) is 12.4 Å². The molecule has 0 bridgehead atoms. The van der Waals surface area contributed by atoms with Gasteiger partial charge in [-0.1, -0.05) is 12.1 Å². The summed E-state index contributed by atoms with van der Waals surface area (Å²) in [5.41, 5.74) is 1.31. The lowest BCUT2D eigenvalue weighted by molar-refractivity contribution is 0.0963. The van der Waals surface area contributed by atoms with Gasteiger partial charge in [-0.15, -0.1) is 0 Å². The van der Waals surface area contributed by atoms with Crippen molar-refractivity contribution in [2.45, 2.75) is 11.4 Å². The minimum Gasteiger partial charge on any atom is -0.491 e. The number of rotatable bonds is 9. The molecule has 0 atom stereocenters. The van der Waals surface area contributed by atoms with Crippen LogP contribution in [0.5, 0.6) is 5.75 Å². The van der Waals surface area contributed by atoms with E-state index in [4.69, 9.17) is 9.47 Å². The second-order valence-corrected chi connectivity index (χ2v) is 7.89. The first-order chi connectivity index (χ1) is 12.9. The Bertz CT molecular complexity index is 849. The Balaban J connectivity index is 2.05. The zero-order chi connectivity index (χ0) is 19.9. The van der Waals surface area contributed by atoms with Crippen molar-refractivity contribution >= 4 is 15.9 Å². The molecule has 0 spiro atoms. The topological polar surface area (TPSA) is 84.9 Å². The molecule has 0 saturated heterocycles. The molecule has 0 aromatic heterocycles. The zero-order valence-corrected chi connectivity index (χ0v) is 16.5. The molecule has 146 valence electrons. The maximum atomic E-state index is 12.7. The number of hydrogen-bond acceptors (Lipinski definition) is 5. The van der Waals surface area contributed by atoms with Gasteiger partial charge >= 0.3 is 0 Å². The lowest BCUT2D eigenvalue weighted by Crippen LogP contribution is -2.26. The third-order valence-corrected chi connectivity index (χ3v) is 5.75. The van der Waals surface area contributed by atoms with E-state index in [-0.39, 0.29) is 17.3 Å². The van der Waals surface area contributed by atoms with E-state index < -0.39 is 10.0 Å². The molecule has 8 heteroatoms. The standard InChI is InChI=1S/C19H24N2O5S/c1-20-19(22)16-6-4-15(5-7-16)14-21(2)27(23,24)18-10-8-17(9-11-18)26-13-12-25-3/h4-11H,12-14H2,1-3H3,(H,20,22). The van der Waals surface area contributed by atoms with Crippen molar-refractivity contribution in [3.05, 3.63) is 59.7 Å². The van der Waals surface area contributed by atoms with Gasteiger partial charge in [-0.2, -0.15) is 4.31 Å². The number of sulfonamides is 1. The van der Waals surface area contributed by atoms with Crippen molar-refractivity contribution in [2.75, 3.05) is 34.4 Å². The quantitative estimate of drug-likeness (QED) is 0.659. The van der Waals surface area contributed by atoms with Gasteiger partial charge in [-0.25, -0.2) is 8.42 Å². The summed E-state index contributed by atoms with van der Waals surface area (Å²) >= 11 is 0. The molecular formula is C19H24N2O5S. The minimum absolute atomic E-state index is 0.185. The molecule has 0 radical (unpaired) electrons. The number of benzene rings is 2. The van der Waals surface area contributed by atoms with Crippen LogP contribution >= 0.6 is 0 Å². The van der Waals surface area contributed by atoms with Gasteiger partial charge in [0.25, 0.3) is 5.91 Å².